The summed E-state index contributed by atoms with van der Waals surface area (Å²) in [6.07, 6.45) is -2.49. The molecule has 0 saturated carbocycles. The third-order valence-corrected chi connectivity index (χ3v) is 8.08. The van der Waals surface area contributed by atoms with Crippen molar-refractivity contribution in [2.45, 2.75) is 58.2 Å². The highest BCUT2D eigenvalue weighted by Crippen LogP contribution is 2.41. The van der Waals surface area contributed by atoms with Crippen LogP contribution >= 0.6 is 0 Å². The van der Waals surface area contributed by atoms with Crippen LogP contribution in [0.2, 0.25) is 0 Å². The zero-order valence-corrected chi connectivity index (χ0v) is 25.6. The van der Waals surface area contributed by atoms with Gasteiger partial charge in [-0.1, -0.05) is 6.07 Å². The molecule has 0 saturated heterocycles. The summed E-state index contributed by atoms with van der Waals surface area (Å²) in [5, 5.41) is -0.265. The summed E-state index contributed by atoms with van der Waals surface area (Å²) in [5.74, 6) is -0.381. The molecule has 0 amide bonds. The maximum absolute atomic E-state index is 15.8. The van der Waals surface area contributed by atoms with E-state index in [0.717, 1.165) is 0 Å². The molecule has 4 rings (SSSR count). The number of hydrogen-bond acceptors (Lipinski definition) is 8. The van der Waals surface area contributed by atoms with E-state index in [9.17, 15) is 22.5 Å². The smallest absolute Gasteiger partial charge is 0.420 e. The number of carbonyl (C=O) groups is 1. The van der Waals surface area contributed by atoms with Crippen LogP contribution < -0.4 is 14.2 Å². The Labute approximate surface area is 255 Å². The van der Waals surface area contributed by atoms with Crippen LogP contribution in [-0.2, 0) is 46.6 Å². The van der Waals surface area contributed by atoms with Gasteiger partial charge in [-0.05, 0) is 56.2 Å². The number of nitrogens with zero attached hydrogens (tertiary/aromatic N) is 1. The summed E-state index contributed by atoms with van der Waals surface area (Å²) in [6, 6.07) is 9.18. The largest absolute Gasteiger partial charge is 0.598 e. The van der Waals surface area contributed by atoms with E-state index in [4.69, 9.17) is 18.6 Å². The standard InChI is InChI=1S/C31H32F4N2O6S/c1-18(38)41-11-9-20-6-7-21(40-5)14-27(20)42-16-19-12-23(29-24(13-19)25(17-43-29)31(33,34)35)22-8-10-36-26(28(22)32)15-37-44(39)30(2,3)4/h6-8,10,12-14,17,37H,9,11,15-16H2,1-5H3. The number of rotatable bonds is 11. The Balaban J connectivity index is 1.73. The Morgan fingerprint density at radius 2 is 1.86 bits per heavy atom. The van der Waals surface area contributed by atoms with Crippen molar-refractivity contribution in [3.63, 3.8) is 0 Å². The highest BCUT2D eigenvalue weighted by Gasteiger charge is 2.36. The topological polar surface area (TPSA) is 106 Å². The van der Waals surface area contributed by atoms with Crippen LogP contribution in [0.15, 0.2) is 53.3 Å². The first kappa shape index (κ1) is 33.1. The molecule has 8 nitrogen and oxygen atoms in total. The molecule has 0 spiro atoms. The second-order valence-electron chi connectivity index (χ2n) is 10.8. The molecule has 1 unspecified atom stereocenters. The summed E-state index contributed by atoms with van der Waals surface area (Å²) in [7, 11) is 1.48. The van der Waals surface area contributed by atoms with E-state index >= 15 is 4.39 Å². The van der Waals surface area contributed by atoms with Gasteiger partial charge in [0.05, 0.1) is 26.0 Å². The van der Waals surface area contributed by atoms with Crippen LogP contribution in [0.5, 0.6) is 11.5 Å². The highest BCUT2D eigenvalue weighted by molar-refractivity contribution is 7.90. The Hall–Kier alpha value is -3.81. The minimum Gasteiger partial charge on any atom is -0.598 e. The predicted octanol–water partition coefficient (Wildman–Crippen LogP) is 6.90. The molecule has 1 N–H and O–H groups in total. The molecule has 1 atom stereocenters. The molecule has 2 heterocycles. The molecule has 0 radical (unpaired) electrons. The first-order valence-electron chi connectivity index (χ1n) is 13.5. The number of benzene rings is 2. The molecule has 0 aliphatic rings. The van der Waals surface area contributed by atoms with Crippen molar-refractivity contribution in [2.75, 3.05) is 13.7 Å². The predicted molar refractivity (Wildman–Crippen MR) is 157 cm³/mol. The Kier molecular flexibility index (Phi) is 10.1. The average Bonchev–Trinajstić information content (AvgIpc) is 3.39. The molecule has 236 valence electrons. The molecule has 0 bridgehead atoms. The summed E-state index contributed by atoms with van der Waals surface area (Å²) < 4.78 is 93.9. The normalized spacial score (nSPS) is 12.8. The third-order valence-electron chi connectivity index (χ3n) is 6.56. The fraction of sp³-hybridized carbons (Fsp3) is 0.355. The van der Waals surface area contributed by atoms with Crippen molar-refractivity contribution in [1.82, 2.24) is 9.71 Å². The summed E-state index contributed by atoms with van der Waals surface area (Å²) >= 11 is -1.51. The lowest BCUT2D eigenvalue weighted by atomic mass is 9.98. The Bertz CT molecular complexity index is 1630. The molecule has 0 fully saturated rings. The second kappa shape index (κ2) is 13.4. The van der Waals surface area contributed by atoms with Crippen LogP contribution in [0.3, 0.4) is 0 Å². The Morgan fingerprint density at radius 1 is 1.11 bits per heavy atom. The van der Waals surface area contributed by atoms with Gasteiger partial charge >= 0.3 is 12.1 Å². The monoisotopic (exact) mass is 636 g/mol. The van der Waals surface area contributed by atoms with Gasteiger partial charge in [0.15, 0.2) is 5.82 Å². The fourth-order valence-electron chi connectivity index (χ4n) is 4.34. The number of alkyl halides is 3. The molecule has 0 aliphatic heterocycles. The molecule has 2 aromatic heterocycles. The maximum Gasteiger partial charge on any atom is 0.420 e. The van der Waals surface area contributed by atoms with E-state index in [2.05, 4.69) is 9.71 Å². The van der Waals surface area contributed by atoms with Gasteiger partial charge in [0.2, 0.25) is 0 Å². The molecule has 44 heavy (non-hydrogen) atoms. The number of aromatic nitrogens is 1. The van der Waals surface area contributed by atoms with Crippen molar-refractivity contribution in [1.29, 1.82) is 0 Å². The molecule has 2 aromatic carbocycles. The van der Waals surface area contributed by atoms with Crippen LogP contribution in [0, 0.1) is 5.82 Å². The second-order valence-corrected chi connectivity index (χ2v) is 12.9. The number of esters is 1. The lowest BCUT2D eigenvalue weighted by Gasteiger charge is -2.23. The van der Waals surface area contributed by atoms with Gasteiger partial charge in [0, 0.05) is 53.5 Å². The summed E-state index contributed by atoms with van der Waals surface area (Å²) in [5.41, 5.74) is -0.239. The van der Waals surface area contributed by atoms with E-state index in [0.29, 0.717) is 35.3 Å². The quantitative estimate of drug-likeness (QED) is 0.108. The molecular formula is C31H32F4N2O6S. The first-order valence-corrected chi connectivity index (χ1v) is 14.7. The Morgan fingerprint density at radius 3 is 2.52 bits per heavy atom. The number of ether oxygens (including phenoxy) is 3. The summed E-state index contributed by atoms with van der Waals surface area (Å²) in [4.78, 5) is 15.3. The fourth-order valence-corrected chi connectivity index (χ4v) is 5.04. The van der Waals surface area contributed by atoms with Gasteiger partial charge in [-0.25, -0.2) is 4.39 Å². The number of fused-ring (bicyclic) bond motifs is 1. The van der Waals surface area contributed by atoms with Gasteiger partial charge in [-0.2, -0.15) is 13.2 Å². The van der Waals surface area contributed by atoms with Crippen molar-refractivity contribution in [3.05, 3.63) is 77.1 Å². The van der Waals surface area contributed by atoms with Gasteiger partial charge in [-0.15, -0.1) is 4.72 Å². The van der Waals surface area contributed by atoms with Crippen molar-refractivity contribution in [3.8, 4) is 22.6 Å². The molecule has 13 heteroatoms. The number of nitrogens with one attached hydrogen (secondary N) is 1. The van der Waals surface area contributed by atoms with Crippen molar-refractivity contribution < 1.29 is 45.5 Å². The molecular weight excluding hydrogens is 604 g/mol. The number of carbonyl (C=O) groups excluding carboxylic acids is 1. The zero-order valence-electron chi connectivity index (χ0n) is 24.8. The van der Waals surface area contributed by atoms with Gasteiger partial charge in [0.25, 0.3) is 0 Å². The average molecular weight is 637 g/mol. The van der Waals surface area contributed by atoms with Crippen LogP contribution in [0.4, 0.5) is 17.6 Å². The maximum atomic E-state index is 15.8. The minimum absolute atomic E-state index is 0.0447. The van der Waals surface area contributed by atoms with Crippen molar-refractivity contribution in [2.24, 2.45) is 0 Å². The number of methoxy groups -OCH3 is 1. The number of halogens is 4. The van der Waals surface area contributed by atoms with E-state index in [1.807, 2.05) is 0 Å². The van der Waals surface area contributed by atoms with Crippen LogP contribution in [-0.4, -0.2) is 34.0 Å². The lowest BCUT2D eigenvalue weighted by molar-refractivity contribution is -0.141. The highest BCUT2D eigenvalue weighted by atomic mass is 32.2. The third kappa shape index (κ3) is 7.82. The zero-order chi connectivity index (χ0) is 32.2. The number of pyridine rings is 1. The summed E-state index contributed by atoms with van der Waals surface area (Å²) in [6.45, 7) is 6.29. The van der Waals surface area contributed by atoms with Gasteiger partial charge in [-0.3, -0.25) is 9.78 Å². The van der Waals surface area contributed by atoms with Crippen LogP contribution in [0.1, 0.15) is 50.1 Å². The van der Waals surface area contributed by atoms with Crippen LogP contribution in [0.25, 0.3) is 22.1 Å². The van der Waals surface area contributed by atoms with Crippen molar-refractivity contribution >= 4 is 28.3 Å². The van der Waals surface area contributed by atoms with E-state index < -0.39 is 39.6 Å². The minimum atomic E-state index is -4.73. The lowest BCUT2D eigenvalue weighted by Crippen LogP contribution is -2.39. The first-order chi connectivity index (χ1) is 20.7. The van der Waals surface area contributed by atoms with Gasteiger partial charge < -0.3 is 23.2 Å². The molecule has 0 aliphatic carbocycles. The van der Waals surface area contributed by atoms with E-state index in [1.165, 1.54) is 38.4 Å². The number of hydrogen-bond donors (Lipinski definition) is 1. The number of furan rings is 1. The van der Waals surface area contributed by atoms with Gasteiger partial charge in [0.1, 0.15) is 40.3 Å². The SMILES string of the molecule is COc1ccc(CCOC(C)=O)c(OCc2cc(-c3ccnc(CN[S+]([O-])C(C)(C)C)c3F)c3occ(C(F)(F)F)c3c2)c1. The molecule has 4 aromatic rings. The van der Waals surface area contributed by atoms with E-state index in [1.54, 1.807) is 39.0 Å². The van der Waals surface area contributed by atoms with E-state index in [-0.39, 0.29) is 47.5 Å².